The summed E-state index contributed by atoms with van der Waals surface area (Å²) in [5.41, 5.74) is 0.742. The molecule has 1 N–H and O–H groups in total. The summed E-state index contributed by atoms with van der Waals surface area (Å²) in [5.74, 6) is -2.80. The number of benzene rings is 1. The van der Waals surface area contributed by atoms with Gasteiger partial charge in [-0.1, -0.05) is 38.1 Å². The van der Waals surface area contributed by atoms with Gasteiger partial charge in [0, 0.05) is 11.6 Å². The third-order valence-corrected chi connectivity index (χ3v) is 2.27. The largest absolute Gasteiger partial charge is 0.309 e. The van der Waals surface area contributed by atoms with Crippen molar-refractivity contribution in [3.8, 4) is 0 Å². The molecule has 1 aromatic carbocycles. The first-order chi connectivity index (χ1) is 6.93. The highest BCUT2D eigenvalue weighted by Crippen LogP contribution is 2.29. The highest BCUT2D eigenvalue weighted by atomic mass is 19.3. The first-order valence-electron chi connectivity index (χ1n) is 5.11. The van der Waals surface area contributed by atoms with Crippen molar-refractivity contribution >= 4 is 0 Å². The van der Waals surface area contributed by atoms with E-state index in [1.165, 1.54) is 6.07 Å². The van der Waals surface area contributed by atoms with Crippen LogP contribution in [0.25, 0.3) is 0 Å². The maximum atomic E-state index is 13.7. The zero-order chi connectivity index (χ0) is 11.5. The highest BCUT2D eigenvalue weighted by molar-refractivity contribution is 5.29. The fourth-order valence-electron chi connectivity index (χ4n) is 1.41. The van der Waals surface area contributed by atoms with Gasteiger partial charge in [0.25, 0.3) is 5.92 Å². The second kappa shape index (κ2) is 4.71. The predicted octanol–water partition coefficient (Wildman–Crippen LogP) is 3.08. The molecule has 0 aliphatic rings. The van der Waals surface area contributed by atoms with Crippen molar-refractivity contribution in [3.05, 3.63) is 35.4 Å². The molecular formula is C12H17F2N. The lowest BCUT2D eigenvalue weighted by molar-refractivity contribution is -0.00543. The Balaban J connectivity index is 2.81. The van der Waals surface area contributed by atoms with E-state index in [0.717, 1.165) is 0 Å². The summed E-state index contributed by atoms with van der Waals surface area (Å²) in [6, 6.07) is 6.67. The fourth-order valence-corrected chi connectivity index (χ4v) is 1.41. The molecule has 0 amide bonds. The van der Waals surface area contributed by atoms with E-state index in [0.29, 0.717) is 5.56 Å². The molecule has 0 aromatic heterocycles. The third kappa shape index (κ3) is 3.27. The first-order valence-corrected chi connectivity index (χ1v) is 5.11. The zero-order valence-electron chi connectivity index (χ0n) is 9.35. The van der Waals surface area contributed by atoms with Crippen LogP contribution in [0.2, 0.25) is 0 Å². The van der Waals surface area contributed by atoms with Crippen molar-refractivity contribution < 1.29 is 8.78 Å². The van der Waals surface area contributed by atoms with Crippen LogP contribution in [-0.4, -0.2) is 12.6 Å². The van der Waals surface area contributed by atoms with Gasteiger partial charge in [-0.25, -0.2) is 0 Å². The summed E-state index contributed by atoms with van der Waals surface area (Å²) in [5, 5.41) is 2.76. The molecule has 1 aromatic rings. The Morgan fingerprint density at radius 2 is 1.87 bits per heavy atom. The van der Waals surface area contributed by atoms with Crippen LogP contribution in [0.15, 0.2) is 24.3 Å². The lowest BCUT2D eigenvalue weighted by Gasteiger charge is -2.20. The van der Waals surface area contributed by atoms with Crippen LogP contribution in [0.1, 0.15) is 25.0 Å². The van der Waals surface area contributed by atoms with Crippen LogP contribution >= 0.6 is 0 Å². The molecule has 0 fully saturated rings. The van der Waals surface area contributed by atoms with Crippen LogP contribution in [0.5, 0.6) is 0 Å². The van der Waals surface area contributed by atoms with E-state index in [1.807, 2.05) is 13.8 Å². The Labute approximate surface area is 89.5 Å². The van der Waals surface area contributed by atoms with E-state index >= 15 is 0 Å². The Hall–Kier alpha value is -0.960. The van der Waals surface area contributed by atoms with E-state index in [2.05, 4.69) is 5.32 Å². The molecule has 0 atom stereocenters. The van der Waals surface area contributed by atoms with Crippen molar-refractivity contribution in [2.24, 2.45) is 0 Å². The molecule has 1 rings (SSSR count). The van der Waals surface area contributed by atoms with Gasteiger partial charge in [-0.2, -0.15) is 8.78 Å². The summed E-state index contributed by atoms with van der Waals surface area (Å²) in [7, 11) is 0. The predicted molar refractivity (Wildman–Crippen MR) is 58.2 cm³/mol. The van der Waals surface area contributed by atoms with Crippen LogP contribution in [0.4, 0.5) is 8.78 Å². The van der Waals surface area contributed by atoms with E-state index in [1.54, 1.807) is 25.1 Å². The quantitative estimate of drug-likeness (QED) is 0.810. The number of alkyl halides is 2. The summed E-state index contributed by atoms with van der Waals surface area (Å²) in [6.07, 6.45) is 0. The molecule has 0 spiro atoms. The fraction of sp³-hybridized carbons (Fsp3) is 0.500. The summed E-state index contributed by atoms with van der Waals surface area (Å²) in [4.78, 5) is 0. The second-order valence-electron chi connectivity index (χ2n) is 4.05. The van der Waals surface area contributed by atoms with Gasteiger partial charge in [0.15, 0.2) is 0 Å². The normalized spacial score (nSPS) is 12.1. The molecular weight excluding hydrogens is 196 g/mol. The number of halogens is 2. The summed E-state index contributed by atoms with van der Waals surface area (Å²) < 4.78 is 27.4. The number of hydrogen-bond donors (Lipinski definition) is 1. The first kappa shape index (κ1) is 12.1. The van der Waals surface area contributed by atoms with Gasteiger partial charge in [-0.05, 0) is 12.5 Å². The van der Waals surface area contributed by atoms with Gasteiger partial charge in [0.2, 0.25) is 0 Å². The van der Waals surface area contributed by atoms with Crippen molar-refractivity contribution in [2.75, 3.05) is 6.54 Å². The van der Waals surface area contributed by atoms with E-state index in [-0.39, 0.29) is 18.2 Å². The minimum atomic E-state index is -2.80. The molecule has 0 heterocycles. The van der Waals surface area contributed by atoms with Gasteiger partial charge in [0.1, 0.15) is 0 Å². The zero-order valence-corrected chi connectivity index (χ0v) is 9.35. The molecule has 0 aliphatic heterocycles. The lowest BCUT2D eigenvalue weighted by atomic mass is 10.0. The Kier molecular flexibility index (Phi) is 3.80. The number of hydrogen-bond acceptors (Lipinski definition) is 1. The van der Waals surface area contributed by atoms with E-state index < -0.39 is 5.92 Å². The molecule has 0 unspecified atom stereocenters. The monoisotopic (exact) mass is 213 g/mol. The van der Waals surface area contributed by atoms with Crippen molar-refractivity contribution in [1.82, 2.24) is 5.32 Å². The van der Waals surface area contributed by atoms with Gasteiger partial charge in [-0.15, -0.1) is 0 Å². The highest BCUT2D eigenvalue weighted by Gasteiger charge is 2.32. The van der Waals surface area contributed by atoms with Crippen molar-refractivity contribution in [1.29, 1.82) is 0 Å². The number of rotatable bonds is 4. The number of nitrogens with one attached hydrogen (secondary N) is 1. The maximum absolute atomic E-state index is 13.7. The van der Waals surface area contributed by atoms with Crippen LogP contribution in [0, 0.1) is 6.92 Å². The van der Waals surface area contributed by atoms with Gasteiger partial charge >= 0.3 is 0 Å². The van der Waals surface area contributed by atoms with E-state index in [9.17, 15) is 8.78 Å². The van der Waals surface area contributed by atoms with Gasteiger partial charge < -0.3 is 5.32 Å². The maximum Gasteiger partial charge on any atom is 0.285 e. The van der Waals surface area contributed by atoms with Crippen molar-refractivity contribution in [2.45, 2.75) is 32.7 Å². The summed E-state index contributed by atoms with van der Waals surface area (Å²) in [6.45, 7) is 5.11. The smallest absolute Gasteiger partial charge is 0.285 e. The minimum absolute atomic E-state index is 0.0693. The molecule has 15 heavy (non-hydrogen) atoms. The molecule has 0 radical (unpaired) electrons. The van der Waals surface area contributed by atoms with Crippen molar-refractivity contribution in [3.63, 3.8) is 0 Å². The SMILES string of the molecule is Cc1ccccc1C(F)(F)CNC(C)C. The third-order valence-electron chi connectivity index (χ3n) is 2.27. The molecule has 1 nitrogen and oxygen atoms in total. The van der Waals surface area contributed by atoms with Crippen LogP contribution < -0.4 is 5.32 Å². The minimum Gasteiger partial charge on any atom is -0.309 e. The van der Waals surface area contributed by atoms with Crippen LogP contribution in [-0.2, 0) is 5.92 Å². The van der Waals surface area contributed by atoms with Gasteiger partial charge in [-0.3, -0.25) is 0 Å². The standard InChI is InChI=1S/C12H17F2N/c1-9(2)15-8-12(13,14)11-7-5-4-6-10(11)3/h4-7,9,15H,8H2,1-3H3. The Morgan fingerprint density at radius 3 is 2.40 bits per heavy atom. The molecule has 0 saturated carbocycles. The Morgan fingerprint density at radius 1 is 1.27 bits per heavy atom. The molecule has 84 valence electrons. The number of aryl methyl sites for hydroxylation is 1. The average Bonchev–Trinajstić information content (AvgIpc) is 2.15. The Bertz CT molecular complexity index is 321. The van der Waals surface area contributed by atoms with Crippen LogP contribution in [0.3, 0.4) is 0 Å². The topological polar surface area (TPSA) is 12.0 Å². The second-order valence-corrected chi connectivity index (χ2v) is 4.05. The molecule has 0 aliphatic carbocycles. The molecule has 0 bridgehead atoms. The molecule has 3 heteroatoms. The molecule has 0 saturated heterocycles. The lowest BCUT2D eigenvalue weighted by Crippen LogP contribution is -2.35. The average molecular weight is 213 g/mol. The van der Waals surface area contributed by atoms with Gasteiger partial charge in [0.05, 0.1) is 6.54 Å². The summed E-state index contributed by atoms with van der Waals surface area (Å²) >= 11 is 0. The van der Waals surface area contributed by atoms with E-state index in [4.69, 9.17) is 0 Å².